The highest BCUT2D eigenvalue weighted by Crippen LogP contribution is 2.37. The van der Waals surface area contributed by atoms with Crippen LogP contribution in [0, 0.1) is 0 Å². The molecule has 0 aliphatic heterocycles. The van der Waals surface area contributed by atoms with E-state index in [4.69, 9.17) is 9.32 Å². The smallest absolute Gasteiger partial charge is 0.341 e. The number of hydrogen-bond donors (Lipinski definition) is 2. The zero-order valence-electron chi connectivity index (χ0n) is 19.4. The minimum atomic E-state index is -4.44. The molecule has 0 atom stereocenters. The number of benzene rings is 4. The van der Waals surface area contributed by atoms with E-state index in [1.807, 2.05) is 48.5 Å². The minimum absolute atomic E-state index is 0.0918. The van der Waals surface area contributed by atoms with Crippen LogP contribution in [0.3, 0.4) is 0 Å². The normalized spacial score (nSPS) is 11.6. The van der Waals surface area contributed by atoms with Crippen LogP contribution in [0.25, 0.3) is 0 Å². The molecule has 0 spiro atoms. The van der Waals surface area contributed by atoms with Crippen molar-refractivity contribution in [2.45, 2.75) is 16.3 Å². The lowest BCUT2D eigenvalue weighted by Crippen LogP contribution is -2.21. The number of primary sulfonamides is 1. The summed E-state index contributed by atoms with van der Waals surface area (Å²) >= 11 is 0. The predicted molar refractivity (Wildman–Crippen MR) is 140 cm³/mol. The van der Waals surface area contributed by atoms with Crippen molar-refractivity contribution in [2.75, 3.05) is 17.3 Å². The number of rotatable bonds is 9. The fraction of sp³-hybridized carbons (Fsp3) is 0.0769. The van der Waals surface area contributed by atoms with Gasteiger partial charge in [0.25, 0.3) is 0 Å². The Morgan fingerprint density at radius 2 is 1.33 bits per heavy atom. The van der Waals surface area contributed by atoms with Gasteiger partial charge in [-0.1, -0.05) is 66.7 Å². The van der Waals surface area contributed by atoms with Gasteiger partial charge in [0.05, 0.1) is 11.4 Å². The number of nitrogens with zero attached hydrogens (tertiary/aromatic N) is 1. The first-order valence-corrected chi connectivity index (χ1v) is 13.9. The molecule has 0 saturated carbocycles. The molecule has 0 radical (unpaired) electrons. The highest BCUT2D eigenvalue weighted by Gasteiger charge is 2.28. The highest BCUT2D eigenvalue weighted by atomic mass is 32.2. The fourth-order valence-electron chi connectivity index (χ4n) is 3.62. The Morgan fingerprint density at radius 3 is 1.92 bits per heavy atom. The van der Waals surface area contributed by atoms with Gasteiger partial charge in [-0.05, 0) is 42.0 Å². The van der Waals surface area contributed by atoms with Crippen molar-refractivity contribution in [3.63, 3.8) is 0 Å². The number of nitrogens with two attached hydrogens (primary N) is 1. The van der Waals surface area contributed by atoms with Gasteiger partial charge in [-0.15, -0.1) is 0 Å². The van der Waals surface area contributed by atoms with Gasteiger partial charge in [0, 0.05) is 19.3 Å². The number of nitrogens with one attached hydrogen (secondary N) is 1. The summed E-state index contributed by atoms with van der Waals surface area (Å²) in [7, 11) is -7.08. The van der Waals surface area contributed by atoms with Gasteiger partial charge in [0.15, 0.2) is 0 Å². The second-order valence-corrected chi connectivity index (χ2v) is 11.0. The van der Waals surface area contributed by atoms with Crippen molar-refractivity contribution in [3.05, 3.63) is 109 Å². The van der Waals surface area contributed by atoms with E-state index >= 15 is 0 Å². The van der Waals surface area contributed by atoms with Crippen LogP contribution in [-0.4, -0.2) is 23.9 Å². The van der Waals surface area contributed by atoms with E-state index in [2.05, 4.69) is 5.32 Å². The molecule has 0 aliphatic carbocycles. The van der Waals surface area contributed by atoms with Gasteiger partial charge in [0.1, 0.15) is 15.5 Å². The third kappa shape index (κ3) is 5.85. The Bertz CT molecular complexity index is 1550. The highest BCUT2D eigenvalue weighted by molar-refractivity contribution is 7.89. The topological polar surface area (TPSA) is 119 Å². The summed E-state index contributed by atoms with van der Waals surface area (Å²) in [5, 5.41) is 8.67. The molecule has 3 N–H and O–H groups in total. The summed E-state index contributed by atoms with van der Waals surface area (Å²) in [5.74, 6) is 0.0918. The van der Waals surface area contributed by atoms with Gasteiger partial charge in [-0.3, -0.25) is 0 Å². The molecule has 0 unspecified atom stereocenters. The van der Waals surface area contributed by atoms with E-state index in [9.17, 15) is 16.8 Å². The molecule has 186 valence electrons. The molecule has 4 rings (SSSR count). The lowest BCUT2D eigenvalue weighted by molar-refractivity contribution is 0.486. The van der Waals surface area contributed by atoms with E-state index < -0.39 is 20.1 Å². The molecule has 0 fully saturated rings. The molecule has 36 heavy (non-hydrogen) atoms. The van der Waals surface area contributed by atoms with E-state index in [1.165, 1.54) is 18.2 Å². The molecule has 0 saturated heterocycles. The van der Waals surface area contributed by atoms with E-state index in [1.54, 1.807) is 42.3 Å². The fourth-order valence-corrected chi connectivity index (χ4v) is 5.58. The van der Waals surface area contributed by atoms with E-state index in [0.29, 0.717) is 5.69 Å². The Labute approximate surface area is 211 Å². The second-order valence-electron chi connectivity index (χ2n) is 7.95. The van der Waals surface area contributed by atoms with Crippen LogP contribution in [0.15, 0.2) is 113 Å². The van der Waals surface area contributed by atoms with Crippen LogP contribution in [-0.2, 0) is 26.7 Å². The van der Waals surface area contributed by atoms with Crippen molar-refractivity contribution in [3.8, 4) is 5.75 Å². The molecule has 10 heteroatoms. The summed E-state index contributed by atoms with van der Waals surface area (Å²) in [6.07, 6.45) is 0. The first-order valence-electron chi connectivity index (χ1n) is 10.9. The van der Waals surface area contributed by atoms with Crippen molar-refractivity contribution in [1.29, 1.82) is 0 Å². The molecule has 0 aromatic heterocycles. The molecular formula is C26H25N3O5S2. The summed E-state index contributed by atoms with van der Waals surface area (Å²) in [4.78, 5) is 0.924. The molecule has 0 amide bonds. The van der Waals surface area contributed by atoms with Gasteiger partial charge in [-0.25, -0.2) is 13.6 Å². The standard InChI is InChI=1S/C26H25N3O5S2/c1-29(21-13-7-3-8-14-21)24-17-23(28-19-20-11-5-2-6-12-20)25(18-26(24)35(27,30)31)36(32,33)34-22-15-9-4-10-16-22/h2-18,28H,19H2,1H3,(H2,27,30,31). The van der Waals surface area contributed by atoms with Crippen molar-refractivity contribution < 1.29 is 21.0 Å². The largest absolute Gasteiger partial charge is 0.380 e. The molecule has 8 nitrogen and oxygen atoms in total. The SMILES string of the molecule is CN(c1ccccc1)c1cc(NCc2ccccc2)c(S(=O)(=O)Oc2ccccc2)cc1S(N)(=O)=O. The number of sulfonamides is 1. The average molecular weight is 524 g/mol. The molecular weight excluding hydrogens is 498 g/mol. The zero-order valence-corrected chi connectivity index (χ0v) is 21.0. The summed E-state index contributed by atoms with van der Waals surface area (Å²) in [6.45, 7) is 0.290. The molecule has 0 aliphatic rings. The first-order chi connectivity index (χ1) is 17.1. The van der Waals surface area contributed by atoms with Crippen molar-refractivity contribution >= 4 is 37.2 Å². The van der Waals surface area contributed by atoms with Gasteiger partial charge in [-0.2, -0.15) is 8.42 Å². The summed E-state index contributed by atoms with van der Waals surface area (Å²) < 4.78 is 57.2. The summed E-state index contributed by atoms with van der Waals surface area (Å²) in [5.41, 5.74) is 1.96. The second kappa shape index (κ2) is 10.4. The number of para-hydroxylation sites is 2. The van der Waals surface area contributed by atoms with Gasteiger partial charge >= 0.3 is 10.1 Å². The molecule has 4 aromatic rings. The van der Waals surface area contributed by atoms with E-state index in [0.717, 1.165) is 11.6 Å². The maximum absolute atomic E-state index is 13.4. The monoisotopic (exact) mass is 523 g/mol. The van der Waals surface area contributed by atoms with Crippen LogP contribution in [0.1, 0.15) is 5.56 Å². The van der Waals surface area contributed by atoms with Crippen LogP contribution < -0.4 is 19.5 Å². The van der Waals surface area contributed by atoms with Gasteiger partial charge in [0.2, 0.25) is 10.0 Å². The Hall–Kier alpha value is -3.86. The lowest BCUT2D eigenvalue weighted by atomic mass is 10.2. The van der Waals surface area contributed by atoms with Gasteiger partial charge < -0.3 is 14.4 Å². The third-order valence-electron chi connectivity index (χ3n) is 5.42. The van der Waals surface area contributed by atoms with Crippen LogP contribution in [0.4, 0.5) is 17.1 Å². The third-order valence-corrected chi connectivity index (χ3v) is 7.65. The van der Waals surface area contributed by atoms with Crippen LogP contribution in [0.2, 0.25) is 0 Å². The van der Waals surface area contributed by atoms with E-state index in [-0.39, 0.29) is 33.5 Å². The first kappa shape index (κ1) is 25.2. The number of hydrogen-bond acceptors (Lipinski definition) is 7. The Kier molecular flexibility index (Phi) is 7.30. The zero-order chi connectivity index (χ0) is 25.8. The Balaban J connectivity index is 1.87. The molecule has 4 aromatic carbocycles. The maximum Gasteiger partial charge on any atom is 0.341 e. The molecule has 0 heterocycles. The van der Waals surface area contributed by atoms with Crippen LogP contribution in [0.5, 0.6) is 5.75 Å². The number of anilines is 3. The Morgan fingerprint density at radius 1 is 0.778 bits per heavy atom. The molecule has 0 bridgehead atoms. The lowest BCUT2D eigenvalue weighted by Gasteiger charge is -2.24. The predicted octanol–water partition coefficient (Wildman–Crippen LogP) is 4.48. The van der Waals surface area contributed by atoms with Crippen molar-refractivity contribution in [1.82, 2.24) is 0 Å². The van der Waals surface area contributed by atoms with Crippen LogP contribution >= 0.6 is 0 Å². The van der Waals surface area contributed by atoms with Crippen molar-refractivity contribution in [2.24, 2.45) is 5.14 Å². The average Bonchev–Trinajstić information content (AvgIpc) is 2.87. The summed E-state index contributed by atoms with van der Waals surface area (Å²) in [6, 6.07) is 28.9. The minimum Gasteiger partial charge on any atom is -0.380 e. The maximum atomic E-state index is 13.4. The quantitative estimate of drug-likeness (QED) is 0.311.